The highest BCUT2D eigenvalue weighted by Crippen LogP contribution is 2.33. The molecule has 0 aliphatic carbocycles. The van der Waals surface area contributed by atoms with E-state index in [1.54, 1.807) is 0 Å². The lowest BCUT2D eigenvalue weighted by Crippen LogP contribution is -2.24. The molecule has 16 heavy (non-hydrogen) atoms. The van der Waals surface area contributed by atoms with Gasteiger partial charge in [-0.05, 0) is 0 Å². The Hall–Kier alpha value is -1.17. The van der Waals surface area contributed by atoms with Gasteiger partial charge in [0.2, 0.25) is 5.91 Å². The molecular weight excluding hydrogens is 284 g/mol. The van der Waals surface area contributed by atoms with Gasteiger partial charge in [-0.2, -0.15) is 0 Å². The van der Waals surface area contributed by atoms with Crippen LogP contribution < -0.4 is 4.90 Å². The van der Waals surface area contributed by atoms with Crippen molar-refractivity contribution >= 4 is 27.5 Å². The van der Waals surface area contributed by atoms with Crippen molar-refractivity contribution in [3.05, 3.63) is 23.8 Å². The molecule has 1 aromatic rings. The number of rotatable bonds is 1. The number of amides is 1. The first-order chi connectivity index (χ1) is 7.49. The number of nitrogens with zero attached hydrogens (tertiary/aromatic N) is 1. The molecule has 1 saturated heterocycles. The van der Waals surface area contributed by atoms with Crippen molar-refractivity contribution in [3.8, 4) is 5.75 Å². The van der Waals surface area contributed by atoms with Crippen LogP contribution in [-0.2, 0) is 4.79 Å². The fraction of sp³-hybridized carbons (Fsp3) is 0.300. The lowest BCUT2D eigenvalue weighted by atomic mass is 10.2. The Morgan fingerprint density at radius 2 is 2.00 bits per heavy atom. The number of hydrogen-bond donors (Lipinski definition) is 1. The van der Waals surface area contributed by atoms with E-state index >= 15 is 0 Å². The van der Waals surface area contributed by atoms with Gasteiger partial charge in [0.1, 0.15) is 5.75 Å². The van der Waals surface area contributed by atoms with E-state index in [-0.39, 0.29) is 22.8 Å². The zero-order chi connectivity index (χ0) is 11.9. The minimum Gasteiger partial charge on any atom is -0.506 e. The molecule has 6 heteroatoms. The van der Waals surface area contributed by atoms with Gasteiger partial charge in [-0.1, -0.05) is 15.9 Å². The summed E-state index contributed by atoms with van der Waals surface area (Å²) in [7, 11) is 0. The molecule has 0 radical (unpaired) electrons. The Kier molecular flexibility index (Phi) is 2.84. The molecule has 1 fully saturated rings. The van der Waals surface area contributed by atoms with E-state index in [1.165, 1.54) is 4.90 Å². The summed E-state index contributed by atoms with van der Waals surface area (Å²) < 4.78 is 25.8. The highest BCUT2D eigenvalue weighted by molar-refractivity contribution is 9.09. The number of aromatic hydroxyl groups is 1. The maximum atomic E-state index is 13.0. The fourth-order valence-electron chi connectivity index (χ4n) is 1.64. The standard InChI is InChI=1S/C10H8BrF2NO2/c11-5-1-10(16)14(4-5)8-2-6(12)7(13)3-9(8)15/h2-3,5,15H,1,4H2. The second kappa shape index (κ2) is 4.01. The average molecular weight is 292 g/mol. The van der Waals surface area contributed by atoms with Gasteiger partial charge >= 0.3 is 0 Å². The molecule has 1 amide bonds. The Morgan fingerprint density at radius 1 is 1.38 bits per heavy atom. The van der Waals surface area contributed by atoms with Crippen LogP contribution in [0.5, 0.6) is 5.75 Å². The quantitative estimate of drug-likeness (QED) is 0.806. The minimum atomic E-state index is -1.14. The van der Waals surface area contributed by atoms with E-state index in [0.29, 0.717) is 12.6 Å². The fourth-order valence-corrected chi connectivity index (χ4v) is 2.21. The molecule has 0 saturated carbocycles. The number of phenolic OH excluding ortho intramolecular Hbond substituents is 1. The number of alkyl halides is 1. The maximum Gasteiger partial charge on any atom is 0.228 e. The molecule has 0 bridgehead atoms. The number of carbonyl (C=O) groups excluding carboxylic acids is 1. The first-order valence-corrected chi connectivity index (χ1v) is 5.53. The molecule has 1 aliphatic rings. The summed E-state index contributed by atoms with van der Waals surface area (Å²) in [6.07, 6.45) is 0.276. The summed E-state index contributed by atoms with van der Waals surface area (Å²) in [4.78, 5) is 12.7. The van der Waals surface area contributed by atoms with Gasteiger partial charge in [0.15, 0.2) is 11.6 Å². The van der Waals surface area contributed by atoms with Crippen LogP contribution in [0.4, 0.5) is 14.5 Å². The van der Waals surface area contributed by atoms with Crippen molar-refractivity contribution in [3.63, 3.8) is 0 Å². The second-order valence-electron chi connectivity index (χ2n) is 3.56. The smallest absolute Gasteiger partial charge is 0.228 e. The van der Waals surface area contributed by atoms with Crippen molar-refractivity contribution in [1.82, 2.24) is 0 Å². The van der Waals surface area contributed by atoms with Gasteiger partial charge in [-0.3, -0.25) is 4.79 Å². The zero-order valence-corrected chi connectivity index (χ0v) is 9.67. The van der Waals surface area contributed by atoms with Crippen LogP contribution in [0.15, 0.2) is 12.1 Å². The number of benzene rings is 1. The molecule has 1 atom stereocenters. The monoisotopic (exact) mass is 291 g/mol. The van der Waals surface area contributed by atoms with Crippen LogP contribution >= 0.6 is 15.9 Å². The normalized spacial score (nSPS) is 20.6. The number of phenols is 1. The molecule has 1 N–H and O–H groups in total. The van der Waals surface area contributed by atoms with Crippen molar-refractivity contribution in [2.24, 2.45) is 0 Å². The summed E-state index contributed by atoms with van der Waals surface area (Å²) in [6.45, 7) is 0.331. The summed E-state index contributed by atoms with van der Waals surface area (Å²) in [6, 6.07) is 1.49. The van der Waals surface area contributed by atoms with Crippen LogP contribution in [0, 0.1) is 11.6 Å². The number of hydrogen-bond acceptors (Lipinski definition) is 2. The van der Waals surface area contributed by atoms with Gasteiger partial charge in [-0.15, -0.1) is 0 Å². The average Bonchev–Trinajstić information content (AvgIpc) is 2.51. The third-order valence-corrected chi connectivity index (χ3v) is 3.00. The Bertz CT molecular complexity index is 453. The number of halogens is 3. The first kappa shape index (κ1) is 11.3. The van der Waals surface area contributed by atoms with E-state index in [1.807, 2.05) is 0 Å². The third kappa shape index (κ3) is 1.89. The molecule has 1 aromatic carbocycles. The SMILES string of the molecule is O=C1CC(Br)CN1c1cc(F)c(F)cc1O. The molecule has 1 unspecified atom stereocenters. The van der Waals surface area contributed by atoms with E-state index < -0.39 is 17.4 Å². The van der Waals surface area contributed by atoms with Gasteiger partial charge in [0.25, 0.3) is 0 Å². The number of carbonyl (C=O) groups is 1. The zero-order valence-electron chi connectivity index (χ0n) is 8.08. The Labute approximate surface area is 98.8 Å². The van der Waals surface area contributed by atoms with Gasteiger partial charge in [0.05, 0.1) is 5.69 Å². The van der Waals surface area contributed by atoms with E-state index in [9.17, 15) is 18.7 Å². The van der Waals surface area contributed by atoms with Gasteiger partial charge in [0, 0.05) is 29.9 Å². The minimum absolute atomic E-state index is 0.00542. The topological polar surface area (TPSA) is 40.5 Å². The van der Waals surface area contributed by atoms with Crippen LogP contribution in [0.1, 0.15) is 6.42 Å². The lowest BCUT2D eigenvalue weighted by molar-refractivity contribution is -0.117. The van der Waals surface area contributed by atoms with Gasteiger partial charge < -0.3 is 10.0 Å². The largest absolute Gasteiger partial charge is 0.506 e. The Morgan fingerprint density at radius 3 is 2.56 bits per heavy atom. The van der Waals surface area contributed by atoms with E-state index in [2.05, 4.69) is 15.9 Å². The van der Waals surface area contributed by atoms with Gasteiger partial charge in [-0.25, -0.2) is 8.78 Å². The van der Waals surface area contributed by atoms with Crippen molar-refractivity contribution in [1.29, 1.82) is 0 Å². The summed E-state index contributed by atoms with van der Waals surface area (Å²) in [5.74, 6) is -2.89. The predicted molar refractivity (Wildman–Crippen MR) is 57.7 cm³/mol. The summed E-state index contributed by atoms with van der Waals surface area (Å²) in [5.41, 5.74) is 0.00542. The first-order valence-electron chi connectivity index (χ1n) is 4.61. The van der Waals surface area contributed by atoms with Crippen molar-refractivity contribution in [2.45, 2.75) is 11.2 Å². The van der Waals surface area contributed by atoms with Crippen LogP contribution in [0.25, 0.3) is 0 Å². The van der Waals surface area contributed by atoms with E-state index in [4.69, 9.17) is 0 Å². The van der Waals surface area contributed by atoms with Crippen molar-refractivity contribution < 1.29 is 18.7 Å². The van der Waals surface area contributed by atoms with Crippen LogP contribution in [-0.4, -0.2) is 22.4 Å². The molecular formula is C10H8BrF2NO2. The third-order valence-electron chi connectivity index (χ3n) is 2.39. The van der Waals surface area contributed by atoms with Crippen molar-refractivity contribution in [2.75, 3.05) is 11.4 Å². The summed E-state index contributed by atoms with van der Waals surface area (Å²) >= 11 is 3.26. The van der Waals surface area contributed by atoms with Crippen LogP contribution in [0.3, 0.4) is 0 Å². The molecule has 86 valence electrons. The number of anilines is 1. The predicted octanol–water partition coefficient (Wildman–Crippen LogP) is 2.17. The van der Waals surface area contributed by atoms with E-state index in [0.717, 1.165) is 6.07 Å². The molecule has 1 aliphatic heterocycles. The maximum absolute atomic E-state index is 13.0. The second-order valence-corrected chi connectivity index (χ2v) is 4.86. The summed E-state index contributed by atoms with van der Waals surface area (Å²) in [5, 5.41) is 9.46. The highest BCUT2D eigenvalue weighted by atomic mass is 79.9. The molecule has 0 spiro atoms. The van der Waals surface area contributed by atoms with Crippen LogP contribution in [0.2, 0.25) is 0 Å². The molecule has 2 rings (SSSR count). The molecule has 0 aromatic heterocycles. The molecule has 3 nitrogen and oxygen atoms in total. The Balaban J connectivity index is 2.41. The lowest BCUT2D eigenvalue weighted by Gasteiger charge is -2.17. The molecule has 1 heterocycles. The highest BCUT2D eigenvalue weighted by Gasteiger charge is 2.31.